The third kappa shape index (κ3) is 2.59. The number of hydrogen-bond acceptors (Lipinski definition) is 3. The maximum absolute atomic E-state index is 5.96. The van der Waals surface area contributed by atoms with Crippen molar-refractivity contribution in [3.05, 3.63) is 28.8 Å². The highest BCUT2D eigenvalue weighted by molar-refractivity contribution is 5.85. The molecule has 0 spiro atoms. The molecule has 2 atom stereocenters. The second kappa shape index (κ2) is 5.45. The van der Waals surface area contributed by atoms with E-state index in [0.717, 1.165) is 31.8 Å². The van der Waals surface area contributed by atoms with Crippen LogP contribution in [0.25, 0.3) is 0 Å². The zero-order valence-electron chi connectivity index (χ0n) is 13.5. The summed E-state index contributed by atoms with van der Waals surface area (Å²) in [7, 11) is 0. The molecule has 3 heteroatoms. The van der Waals surface area contributed by atoms with Crippen LogP contribution >= 0.6 is 0 Å². The number of hydrogen-bond donors (Lipinski definition) is 0. The van der Waals surface area contributed by atoms with Crippen molar-refractivity contribution in [2.45, 2.75) is 58.1 Å². The fraction of sp³-hybridized carbons (Fsp3) is 0.611. The predicted molar refractivity (Wildman–Crippen MR) is 85.7 cm³/mol. The van der Waals surface area contributed by atoms with Crippen LogP contribution in [0.3, 0.4) is 0 Å². The van der Waals surface area contributed by atoms with Crippen molar-refractivity contribution in [1.82, 2.24) is 0 Å². The van der Waals surface area contributed by atoms with Crippen molar-refractivity contribution in [3.63, 3.8) is 0 Å². The van der Waals surface area contributed by atoms with Gasteiger partial charge in [-0.05, 0) is 56.0 Å². The van der Waals surface area contributed by atoms with E-state index in [-0.39, 0.29) is 11.6 Å². The summed E-state index contributed by atoms with van der Waals surface area (Å²) >= 11 is 0. The Bertz CT molecular complexity index is 563. The van der Waals surface area contributed by atoms with Crippen LogP contribution in [0.5, 0.6) is 5.75 Å². The monoisotopic (exact) mass is 287 g/mol. The molecule has 0 bridgehead atoms. The number of unbranched alkanes of at least 4 members (excludes halogenated alkanes) is 1. The van der Waals surface area contributed by atoms with E-state index in [2.05, 4.69) is 39.8 Å². The molecule has 114 valence electrons. The Labute approximate surface area is 127 Å². The highest BCUT2D eigenvalue weighted by Gasteiger charge is 2.45. The number of fused-ring (bicyclic) bond motifs is 3. The molecule has 2 aliphatic rings. The summed E-state index contributed by atoms with van der Waals surface area (Å²) in [6.45, 7) is 10.1. The molecule has 1 aromatic rings. The van der Waals surface area contributed by atoms with Crippen LogP contribution in [0.2, 0.25) is 0 Å². The minimum Gasteiger partial charge on any atom is -0.493 e. The van der Waals surface area contributed by atoms with Crippen LogP contribution in [-0.2, 0) is 4.74 Å². The van der Waals surface area contributed by atoms with Gasteiger partial charge in [-0.15, -0.1) is 0 Å². The van der Waals surface area contributed by atoms with Crippen LogP contribution in [0.4, 0.5) is 0 Å². The van der Waals surface area contributed by atoms with Crippen LogP contribution in [0.1, 0.15) is 56.2 Å². The normalized spacial score (nSPS) is 25.5. The first-order chi connectivity index (χ1) is 10.0. The number of rotatable bonds is 4. The van der Waals surface area contributed by atoms with Gasteiger partial charge in [0.15, 0.2) is 0 Å². The summed E-state index contributed by atoms with van der Waals surface area (Å²) in [5.41, 5.74) is 3.57. The molecular weight excluding hydrogens is 262 g/mol. The van der Waals surface area contributed by atoms with E-state index >= 15 is 0 Å². The number of aryl methyl sites for hydroxylation is 1. The minimum atomic E-state index is -0.174. The SMILES string of the molecule is CCCCOc1cc2c(cc1C)C=NC1C2COC1(C)C. The third-order valence-electron chi connectivity index (χ3n) is 4.64. The van der Waals surface area contributed by atoms with Gasteiger partial charge < -0.3 is 9.47 Å². The van der Waals surface area contributed by atoms with Crippen molar-refractivity contribution < 1.29 is 9.47 Å². The Morgan fingerprint density at radius 2 is 2.19 bits per heavy atom. The van der Waals surface area contributed by atoms with E-state index in [1.807, 2.05) is 6.21 Å². The van der Waals surface area contributed by atoms with Gasteiger partial charge >= 0.3 is 0 Å². The maximum Gasteiger partial charge on any atom is 0.122 e. The molecule has 0 amide bonds. The van der Waals surface area contributed by atoms with E-state index in [1.54, 1.807) is 0 Å². The highest BCUT2D eigenvalue weighted by atomic mass is 16.5. The van der Waals surface area contributed by atoms with Crippen molar-refractivity contribution >= 4 is 6.21 Å². The van der Waals surface area contributed by atoms with Crippen molar-refractivity contribution in [2.75, 3.05) is 13.2 Å². The van der Waals surface area contributed by atoms with Crippen LogP contribution in [-0.4, -0.2) is 31.1 Å². The quantitative estimate of drug-likeness (QED) is 0.787. The Morgan fingerprint density at radius 3 is 2.95 bits per heavy atom. The van der Waals surface area contributed by atoms with Crippen molar-refractivity contribution in [2.24, 2.45) is 4.99 Å². The molecule has 2 aliphatic heterocycles. The van der Waals surface area contributed by atoms with E-state index in [0.29, 0.717) is 5.92 Å². The Hall–Kier alpha value is -1.35. The molecular formula is C18H25NO2. The van der Waals surface area contributed by atoms with Gasteiger partial charge in [-0.2, -0.15) is 0 Å². The lowest BCUT2D eigenvalue weighted by Crippen LogP contribution is -2.35. The fourth-order valence-electron chi connectivity index (χ4n) is 3.31. The lowest BCUT2D eigenvalue weighted by atomic mass is 9.82. The fourth-order valence-corrected chi connectivity index (χ4v) is 3.31. The summed E-state index contributed by atoms with van der Waals surface area (Å²) in [4.78, 5) is 4.74. The van der Waals surface area contributed by atoms with Gasteiger partial charge in [0.1, 0.15) is 5.75 Å². The summed E-state index contributed by atoms with van der Waals surface area (Å²) in [5, 5.41) is 0. The summed E-state index contributed by atoms with van der Waals surface area (Å²) in [6.07, 6.45) is 4.26. The molecule has 1 aromatic carbocycles. The first kappa shape index (κ1) is 14.6. The summed E-state index contributed by atoms with van der Waals surface area (Å²) in [6, 6.07) is 4.63. The second-order valence-electron chi connectivity index (χ2n) is 6.69. The van der Waals surface area contributed by atoms with Crippen LogP contribution in [0.15, 0.2) is 17.1 Å². The topological polar surface area (TPSA) is 30.8 Å². The zero-order chi connectivity index (χ0) is 15.0. The Kier molecular flexibility index (Phi) is 3.78. The average Bonchev–Trinajstić information content (AvgIpc) is 2.75. The first-order valence-electron chi connectivity index (χ1n) is 7.97. The number of nitrogens with zero attached hydrogens (tertiary/aromatic N) is 1. The molecule has 3 nitrogen and oxygen atoms in total. The highest BCUT2D eigenvalue weighted by Crippen LogP contribution is 2.43. The molecule has 1 fully saturated rings. The molecule has 3 rings (SSSR count). The van der Waals surface area contributed by atoms with Gasteiger partial charge in [0, 0.05) is 12.1 Å². The second-order valence-corrected chi connectivity index (χ2v) is 6.69. The van der Waals surface area contributed by atoms with Gasteiger partial charge in [-0.25, -0.2) is 0 Å². The number of ether oxygens (including phenoxy) is 2. The first-order valence-corrected chi connectivity index (χ1v) is 7.97. The zero-order valence-corrected chi connectivity index (χ0v) is 13.5. The smallest absolute Gasteiger partial charge is 0.122 e. The molecule has 0 aromatic heterocycles. The van der Waals surface area contributed by atoms with Gasteiger partial charge in [-0.3, -0.25) is 4.99 Å². The Morgan fingerprint density at radius 1 is 1.38 bits per heavy atom. The van der Waals surface area contributed by atoms with Crippen LogP contribution < -0.4 is 4.74 Å². The predicted octanol–water partition coefficient (Wildman–Crippen LogP) is 3.87. The Balaban J connectivity index is 1.91. The number of aliphatic imine (C=N–C) groups is 1. The standard InChI is InChI=1S/C18H25NO2/c1-5-6-7-20-16-9-14-13(8-12(16)2)10-19-17-15(14)11-21-18(17,3)4/h8-10,15,17H,5-7,11H2,1-4H3. The maximum atomic E-state index is 5.96. The van der Waals surface area contributed by atoms with E-state index in [1.165, 1.54) is 16.7 Å². The van der Waals surface area contributed by atoms with Gasteiger partial charge in [0.05, 0.1) is 24.9 Å². The van der Waals surface area contributed by atoms with Gasteiger partial charge in [0.25, 0.3) is 0 Å². The molecule has 2 unspecified atom stereocenters. The van der Waals surface area contributed by atoms with E-state index in [4.69, 9.17) is 14.5 Å². The minimum absolute atomic E-state index is 0.174. The van der Waals surface area contributed by atoms with Gasteiger partial charge in [-0.1, -0.05) is 13.3 Å². The number of benzene rings is 1. The van der Waals surface area contributed by atoms with E-state index in [9.17, 15) is 0 Å². The molecule has 0 radical (unpaired) electrons. The lowest BCUT2D eigenvalue weighted by molar-refractivity contribution is 0.0286. The third-order valence-corrected chi connectivity index (χ3v) is 4.64. The summed E-state index contributed by atoms with van der Waals surface area (Å²) < 4.78 is 11.9. The molecule has 0 saturated carbocycles. The van der Waals surface area contributed by atoms with E-state index < -0.39 is 0 Å². The molecule has 2 heterocycles. The molecule has 21 heavy (non-hydrogen) atoms. The molecule has 0 aliphatic carbocycles. The van der Waals surface area contributed by atoms with Crippen LogP contribution in [0, 0.1) is 6.92 Å². The summed E-state index contributed by atoms with van der Waals surface area (Å²) in [5.74, 6) is 1.37. The largest absolute Gasteiger partial charge is 0.493 e. The molecule has 1 saturated heterocycles. The average molecular weight is 287 g/mol. The lowest BCUT2D eigenvalue weighted by Gasteiger charge is -2.29. The van der Waals surface area contributed by atoms with Crippen molar-refractivity contribution in [3.8, 4) is 5.75 Å². The molecule has 0 N–H and O–H groups in total. The van der Waals surface area contributed by atoms with Gasteiger partial charge in [0.2, 0.25) is 0 Å². The van der Waals surface area contributed by atoms with Crippen molar-refractivity contribution in [1.29, 1.82) is 0 Å².